The van der Waals surface area contributed by atoms with Crippen molar-refractivity contribution in [3.63, 3.8) is 0 Å². The number of aliphatic hydroxyl groups excluding tert-OH is 1. The first kappa shape index (κ1) is 19.5. The third-order valence-corrected chi connectivity index (χ3v) is 5.67. The Labute approximate surface area is 151 Å². The molecule has 1 heterocycles. The van der Waals surface area contributed by atoms with Crippen LogP contribution in [0.25, 0.3) is 0 Å². The van der Waals surface area contributed by atoms with E-state index in [0.29, 0.717) is 5.13 Å². The standard InChI is InChI=1S/C16H21N3O4S2/c1-16(2,3)11-4-6-12(7-5-11)25(22,23)19-13(10-20)14(21)18-15-17-8-9-24-15/h4-9,13,19-20H,10H2,1-3H3,(H,17,18,21)/t13-/m0/s1. The zero-order chi connectivity index (χ0) is 18.7. The van der Waals surface area contributed by atoms with Crippen molar-refractivity contribution in [3.8, 4) is 0 Å². The van der Waals surface area contributed by atoms with Crippen LogP contribution in [0.4, 0.5) is 5.13 Å². The van der Waals surface area contributed by atoms with Crippen LogP contribution in [-0.2, 0) is 20.2 Å². The van der Waals surface area contributed by atoms with Crippen LogP contribution in [0.1, 0.15) is 26.3 Å². The van der Waals surface area contributed by atoms with E-state index in [0.717, 1.165) is 5.56 Å². The third-order valence-electron chi connectivity index (χ3n) is 3.49. The highest BCUT2D eigenvalue weighted by atomic mass is 32.2. The number of thiazole rings is 1. The van der Waals surface area contributed by atoms with Gasteiger partial charge in [-0.2, -0.15) is 4.72 Å². The molecule has 1 atom stereocenters. The Morgan fingerprint density at radius 1 is 1.28 bits per heavy atom. The molecule has 136 valence electrons. The number of aliphatic hydroxyl groups is 1. The zero-order valence-corrected chi connectivity index (χ0v) is 15.8. The normalized spacial score (nSPS) is 13.4. The fourth-order valence-electron chi connectivity index (χ4n) is 2.04. The zero-order valence-electron chi connectivity index (χ0n) is 14.2. The van der Waals surface area contributed by atoms with E-state index in [9.17, 15) is 18.3 Å². The van der Waals surface area contributed by atoms with Gasteiger partial charge in [-0.25, -0.2) is 13.4 Å². The van der Waals surface area contributed by atoms with Crippen LogP contribution in [0.5, 0.6) is 0 Å². The topological polar surface area (TPSA) is 108 Å². The van der Waals surface area contributed by atoms with E-state index in [1.54, 1.807) is 17.5 Å². The smallest absolute Gasteiger partial charge is 0.246 e. The summed E-state index contributed by atoms with van der Waals surface area (Å²) in [6.45, 7) is 5.41. The summed E-state index contributed by atoms with van der Waals surface area (Å²) < 4.78 is 27.1. The Morgan fingerprint density at radius 2 is 1.92 bits per heavy atom. The number of hydrogen-bond acceptors (Lipinski definition) is 6. The lowest BCUT2D eigenvalue weighted by Crippen LogP contribution is -2.46. The van der Waals surface area contributed by atoms with E-state index in [1.807, 2.05) is 20.8 Å². The first-order valence-corrected chi connectivity index (χ1v) is 9.94. The second-order valence-electron chi connectivity index (χ2n) is 6.46. The van der Waals surface area contributed by atoms with Crippen molar-refractivity contribution < 1.29 is 18.3 Å². The first-order chi connectivity index (χ1) is 11.6. The number of anilines is 1. The van der Waals surface area contributed by atoms with Crippen molar-refractivity contribution in [2.45, 2.75) is 37.1 Å². The number of hydrogen-bond donors (Lipinski definition) is 3. The van der Waals surface area contributed by atoms with E-state index in [2.05, 4.69) is 15.0 Å². The highest BCUT2D eigenvalue weighted by Gasteiger charge is 2.26. The second-order valence-corrected chi connectivity index (χ2v) is 9.07. The van der Waals surface area contributed by atoms with Gasteiger partial charge < -0.3 is 10.4 Å². The lowest BCUT2D eigenvalue weighted by atomic mass is 9.87. The van der Waals surface area contributed by atoms with Crippen LogP contribution in [0, 0.1) is 0 Å². The van der Waals surface area contributed by atoms with Gasteiger partial charge in [-0.3, -0.25) is 4.79 Å². The number of aromatic nitrogens is 1. The van der Waals surface area contributed by atoms with Gasteiger partial charge in [0.15, 0.2) is 5.13 Å². The monoisotopic (exact) mass is 383 g/mol. The molecule has 0 bridgehead atoms. The number of benzene rings is 1. The molecule has 9 heteroatoms. The quantitative estimate of drug-likeness (QED) is 0.704. The molecule has 2 aromatic rings. The van der Waals surface area contributed by atoms with Crippen molar-refractivity contribution in [2.24, 2.45) is 0 Å². The van der Waals surface area contributed by atoms with Crippen LogP contribution in [0.15, 0.2) is 40.7 Å². The van der Waals surface area contributed by atoms with Crippen LogP contribution in [-0.4, -0.2) is 37.1 Å². The SMILES string of the molecule is CC(C)(C)c1ccc(S(=O)(=O)N[C@@H](CO)C(=O)Nc2nccs2)cc1. The lowest BCUT2D eigenvalue weighted by Gasteiger charge is -2.20. The molecule has 1 aromatic heterocycles. The third kappa shape index (κ3) is 5.08. The molecule has 1 amide bonds. The molecule has 0 radical (unpaired) electrons. The highest BCUT2D eigenvalue weighted by Crippen LogP contribution is 2.23. The van der Waals surface area contributed by atoms with Gasteiger partial charge in [0, 0.05) is 11.6 Å². The molecule has 0 aliphatic carbocycles. The minimum Gasteiger partial charge on any atom is -0.394 e. The number of nitrogens with one attached hydrogen (secondary N) is 2. The van der Waals surface area contributed by atoms with Gasteiger partial charge in [0.25, 0.3) is 0 Å². The van der Waals surface area contributed by atoms with Crippen molar-refractivity contribution in [1.29, 1.82) is 0 Å². The molecule has 2 rings (SSSR count). The molecule has 0 unspecified atom stereocenters. The van der Waals surface area contributed by atoms with Gasteiger partial charge in [0.05, 0.1) is 11.5 Å². The predicted molar refractivity (Wildman–Crippen MR) is 97.1 cm³/mol. The predicted octanol–water partition coefficient (Wildman–Crippen LogP) is 1.72. The summed E-state index contributed by atoms with van der Waals surface area (Å²) in [7, 11) is -3.95. The fourth-order valence-corrected chi connectivity index (χ4v) is 3.76. The summed E-state index contributed by atoms with van der Waals surface area (Å²) in [4.78, 5) is 16.0. The van der Waals surface area contributed by atoms with Crippen LogP contribution < -0.4 is 10.0 Å². The molecular weight excluding hydrogens is 362 g/mol. The fraction of sp³-hybridized carbons (Fsp3) is 0.375. The molecular formula is C16H21N3O4S2. The molecule has 0 saturated carbocycles. The summed E-state index contributed by atoms with van der Waals surface area (Å²) in [6.07, 6.45) is 1.51. The number of nitrogens with zero attached hydrogens (tertiary/aromatic N) is 1. The molecule has 25 heavy (non-hydrogen) atoms. The summed E-state index contributed by atoms with van der Waals surface area (Å²) >= 11 is 1.20. The second kappa shape index (κ2) is 7.61. The van der Waals surface area contributed by atoms with Gasteiger partial charge in [-0.05, 0) is 23.1 Å². The molecule has 0 spiro atoms. The van der Waals surface area contributed by atoms with Crippen molar-refractivity contribution in [2.75, 3.05) is 11.9 Å². The Kier molecular flexibility index (Phi) is 5.94. The number of carbonyl (C=O) groups is 1. The highest BCUT2D eigenvalue weighted by molar-refractivity contribution is 7.89. The van der Waals surface area contributed by atoms with Crippen LogP contribution >= 0.6 is 11.3 Å². The van der Waals surface area contributed by atoms with Gasteiger partial charge in [-0.15, -0.1) is 11.3 Å². The van der Waals surface area contributed by atoms with Crippen LogP contribution in [0.3, 0.4) is 0 Å². The molecule has 7 nitrogen and oxygen atoms in total. The van der Waals surface area contributed by atoms with E-state index < -0.39 is 28.6 Å². The van der Waals surface area contributed by atoms with Gasteiger partial charge in [-0.1, -0.05) is 32.9 Å². The Hall–Kier alpha value is -1.81. The van der Waals surface area contributed by atoms with E-state index in [-0.39, 0.29) is 10.3 Å². The Morgan fingerprint density at radius 3 is 2.40 bits per heavy atom. The van der Waals surface area contributed by atoms with Gasteiger partial charge >= 0.3 is 0 Å². The van der Waals surface area contributed by atoms with Crippen molar-refractivity contribution in [1.82, 2.24) is 9.71 Å². The van der Waals surface area contributed by atoms with E-state index in [1.165, 1.54) is 29.7 Å². The molecule has 0 aliphatic heterocycles. The average Bonchev–Trinajstić information content (AvgIpc) is 3.04. The minimum absolute atomic E-state index is 0.0287. The molecule has 0 saturated heterocycles. The van der Waals surface area contributed by atoms with Gasteiger partial charge in [0.1, 0.15) is 6.04 Å². The number of sulfonamides is 1. The number of carbonyl (C=O) groups excluding carboxylic acids is 1. The summed E-state index contributed by atoms with van der Waals surface area (Å²) in [5.74, 6) is -0.674. The summed E-state index contributed by atoms with van der Waals surface area (Å²) in [5, 5.41) is 13.8. The Balaban J connectivity index is 2.14. The van der Waals surface area contributed by atoms with Crippen molar-refractivity contribution >= 4 is 32.4 Å². The number of rotatable bonds is 6. The lowest BCUT2D eigenvalue weighted by molar-refractivity contribution is -0.118. The van der Waals surface area contributed by atoms with Gasteiger partial charge in [0.2, 0.25) is 15.9 Å². The van der Waals surface area contributed by atoms with E-state index >= 15 is 0 Å². The molecule has 1 aromatic carbocycles. The molecule has 0 aliphatic rings. The first-order valence-electron chi connectivity index (χ1n) is 7.57. The minimum atomic E-state index is -3.95. The summed E-state index contributed by atoms with van der Waals surface area (Å²) in [6, 6.07) is 5.12. The number of amides is 1. The molecule has 3 N–H and O–H groups in total. The maximum Gasteiger partial charge on any atom is 0.246 e. The van der Waals surface area contributed by atoms with Crippen molar-refractivity contribution in [3.05, 3.63) is 41.4 Å². The largest absolute Gasteiger partial charge is 0.394 e. The van der Waals surface area contributed by atoms with E-state index in [4.69, 9.17) is 0 Å². The summed E-state index contributed by atoms with van der Waals surface area (Å²) in [5.41, 5.74) is 0.892. The maximum absolute atomic E-state index is 12.5. The Bertz CT molecular complexity index is 810. The maximum atomic E-state index is 12.5. The molecule has 0 fully saturated rings. The average molecular weight is 383 g/mol. The van der Waals surface area contributed by atoms with Crippen LogP contribution in [0.2, 0.25) is 0 Å².